The number of carbonyl (C=O) groups excluding carboxylic acids is 1. The molecule has 1 aromatic heterocycles. The fourth-order valence-electron chi connectivity index (χ4n) is 2.67. The van der Waals surface area contributed by atoms with E-state index in [1.807, 2.05) is 0 Å². The smallest absolute Gasteiger partial charge is 0.334 e. The zero-order valence-electron chi connectivity index (χ0n) is 11.2. The van der Waals surface area contributed by atoms with Crippen LogP contribution in [0.3, 0.4) is 0 Å². The van der Waals surface area contributed by atoms with Crippen LogP contribution in [0.4, 0.5) is 0 Å². The number of amides is 1. The summed E-state index contributed by atoms with van der Waals surface area (Å²) in [7, 11) is 0. The molecule has 0 bridgehead atoms. The molecular weight excluding hydrogens is 278 g/mol. The van der Waals surface area contributed by atoms with Crippen LogP contribution in [0.2, 0.25) is 0 Å². The summed E-state index contributed by atoms with van der Waals surface area (Å²) in [6.07, 6.45) is 0.00215. The van der Waals surface area contributed by atoms with Gasteiger partial charge in [-0.05, 0) is 25.5 Å². The first kappa shape index (κ1) is 13.6. The second-order valence-corrected chi connectivity index (χ2v) is 6.70. The highest BCUT2D eigenvalue weighted by Gasteiger charge is 2.47. The normalized spacial score (nSPS) is 29.2. The number of morpholine rings is 1. The average Bonchev–Trinajstić information content (AvgIpc) is 3.13. The van der Waals surface area contributed by atoms with Crippen LogP contribution < -0.4 is 0 Å². The lowest BCUT2D eigenvalue weighted by molar-refractivity contribution is -0.159. The fourth-order valence-corrected chi connectivity index (χ4v) is 3.72. The second kappa shape index (κ2) is 5.18. The van der Waals surface area contributed by atoms with Gasteiger partial charge in [0.1, 0.15) is 0 Å². The monoisotopic (exact) mass is 295 g/mol. The van der Waals surface area contributed by atoms with Crippen LogP contribution in [0.25, 0.3) is 0 Å². The van der Waals surface area contributed by atoms with E-state index >= 15 is 0 Å². The molecule has 0 radical (unpaired) electrons. The summed E-state index contributed by atoms with van der Waals surface area (Å²) in [6, 6.07) is 4.17. The van der Waals surface area contributed by atoms with Crippen LogP contribution in [0.5, 0.6) is 0 Å². The van der Waals surface area contributed by atoms with Gasteiger partial charge in [0.15, 0.2) is 6.10 Å². The Morgan fingerprint density at radius 1 is 1.45 bits per heavy atom. The van der Waals surface area contributed by atoms with E-state index in [0.717, 1.165) is 6.42 Å². The standard InChI is InChI=1S/C14H17NO4S/c1-8-2-3-12(20-8)9-6-10(9)13(16)15-4-5-19-11(7-15)14(17)18/h2-3,9-11H,4-7H2,1H3,(H,17,18)/t9-,10-,11-/m1/s1. The summed E-state index contributed by atoms with van der Waals surface area (Å²) in [5.41, 5.74) is 0. The van der Waals surface area contributed by atoms with Gasteiger partial charge in [0.2, 0.25) is 5.91 Å². The van der Waals surface area contributed by atoms with Crippen LogP contribution in [-0.2, 0) is 14.3 Å². The first-order valence-electron chi connectivity index (χ1n) is 6.76. The first-order valence-corrected chi connectivity index (χ1v) is 7.57. The van der Waals surface area contributed by atoms with Crippen molar-refractivity contribution in [1.82, 2.24) is 4.90 Å². The van der Waals surface area contributed by atoms with Gasteiger partial charge < -0.3 is 14.7 Å². The number of hydrogen-bond acceptors (Lipinski definition) is 4. The van der Waals surface area contributed by atoms with Crippen LogP contribution >= 0.6 is 11.3 Å². The topological polar surface area (TPSA) is 66.8 Å². The van der Waals surface area contributed by atoms with Crippen LogP contribution in [0, 0.1) is 12.8 Å². The van der Waals surface area contributed by atoms with E-state index in [0.29, 0.717) is 19.1 Å². The van der Waals surface area contributed by atoms with Gasteiger partial charge >= 0.3 is 5.97 Å². The molecule has 1 aliphatic carbocycles. The molecule has 1 aliphatic heterocycles. The van der Waals surface area contributed by atoms with Gasteiger partial charge in [0.05, 0.1) is 13.2 Å². The number of carbonyl (C=O) groups is 2. The molecule has 6 heteroatoms. The Labute approximate surface area is 121 Å². The maximum absolute atomic E-state index is 12.4. The van der Waals surface area contributed by atoms with Gasteiger partial charge in [-0.2, -0.15) is 0 Å². The Kier molecular flexibility index (Phi) is 3.52. The summed E-state index contributed by atoms with van der Waals surface area (Å²) in [5.74, 6) is -0.563. The highest BCUT2D eigenvalue weighted by atomic mass is 32.1. The minimum atomic E-state index is -0.997. The van der Waals surface area contributed by atoms with Crippen LogP contribution in [0.15, 0.2) is 12.1 Å². The first-order chi connectivity index (χ1) is 9.56. The lowest BCUT2D eigenvalue weighted by Crippen LogP contribution is -2.49. The third-order valence-electron chi connectivity index (χ3n) is 3.89. The van der Waals surface area contributed by atoms with Gasteiger partial charge in [0.25, 0.3) is 0 Å². The van der Waals surface area contributed by atoms with Crippen molar-refractivity contribution in [3.05, 3.63) is 21.9 Å². The van der Waals surface area contributed by atoms with Crippen molar-refractivity contribution in [3.63, 3.8) is 0 Å². The molecule has 0 unspecified atom stereocenters. The number of hydrogen-bond donors (Lipinski definition) is 1. The van der Waals surface area contributed by atoms with Crippen molar-refractivity contribution in [1.29, 1.82) is 0 Å². The molecule has 1 saturated carbocycles. The highest BCUT2D eigenvalue weighted by molar-refractivity contribution is 7.12. The third kappa shape index (κ3) is 2.58. The van der Waals surface area contributed by atoms with E-state index in [2.05, 4.69) is 19.1 Å². The Bertz CT molecular complexity index is 541. The molecule has 2 aliphatic rings. The van der Waals surface area contributed by atoms with Gasteiger partial charge in [-0.1, -0.05) is 0 Å². The zero-order chi connectivity index (χ0) is 14.3. The number of aliphatic carboxylic acids is 1. The molecule has 1 saturated heterocycles. The van der Waals surface area contributed by atoms with Crippen molar-refractivity contribution in [2.45, 2.75) is 25.4 Å². The Balaban J connectivity index is 1.61. The van der Waals surface area contributed by atoms with E-state index in [1.54, 1.807) is 16.2 Å². The number of carboxylic acids is 1. The molecule has 0 aromatic carbocycles. The van der Waals surface area contributed by atoms with Crippen LogP contribution in [-0.4, -0.2) is 47.7 Å². The number of ether oxygens (including phenoxy) is 1. The molecule has 5 nitrogen and oxygen atoms in total. The number of rotatable bonds is 3. The molecule has 3 atom stereocenters. The summed E-state index contributed by atoms with van der Waals surface area (Å²) in [4.78, 5) is 27.5. The summed E-state index contributed by atoms with van der Waals surface area (Å²) in [6.45, 7) is 3.03. The van der Waals surface area contributed by atoms with E-state index < -0.39 is 12.1 Å². The van der Waals surface area contributed by atoms with E-state index in [4.69, 9.17) is 9.84 Å². The third-order valence-corrected chi connectivity index (χ3v) is 5.02. The lowest BCUT2D eigenvalue weighted by atomic mass is 10.2. The molecule has 1 amide bonds. The van der Waals surface area contributed by atoms with Gasteiger partial charge in [-0.3, -0.25) is 4.79 Å². The summed E-state index contributed by atoms with van der Waals surface area (Å²) >= 11 is 1.74. The highest BCUT2D eigenvalue weighted by Crippen LogP contribution is 2.50. The largest absolute Gasteiger partial charge is 0.479 e. The lowest BCUT2D eigenvalue weighted by Gasteiger charge is -2.31. The second-order valence-electron chi connectivity index (χ2n) is 5.38. The van der Waals surface area contributed by atoms with Crippen molar-refractivity contribution >= 4 is 23.2 Å². The van der Waals surface area contributed by atoms with Crippen LogP contribution in [0.1, 0.15) is 22.1 Å². The summed E-state index contributed by atoms with van der Waals surface area (Å²) in [5, 5.41) is 8.96. The molecule has 2 fully saturated rings. The quantitative estimate of drug-likeness (QED) is 0.917. The number of nitrogens with zero attached hydrogens (tertiary/aromatic N) is 1. The predicted molar refractivity (Wildman–Crippen MR) is 73.9 cm³/mol. The Hall–Kier alpha value is -1.40. The fraction of sp³-hybridized carbons (Fsp3) is 0.571. The molecule has 1 aromatic rings. The Morgan fingerprint density at radius 2 is 2.25 bits per heavy atom. The molecule has 108 valence electrons. The number of aryl methyl sites for hydroxylation is 1. The molecule has 2 heterocycles. The number of carboxylic acid groups (broad SMARTS) is 1. The van der Waals surface area contributed by atoms with Crippen molar-refractivity contribution in [2.24, 2.45) is 5.92 Å². The minimum absolute atomic E-state index is 0.0283. The van der Waals surface area contributed by atoms with Gasteiger partial charge in [-0.15, -0.1) is 11.3 Å². The Morgan fingerprint density at radius 3 is 2.90 bits per heavy atom. The maximum Gasteiger partial charge on any atom is 0.334 e. The van der Waals surface area contributed by atoms with E-state index in [9.17, 15) is 9.59 Å². The minimum Gasteiger partial charge on any atom is -0.479 e. The molecular formula is C14H17NO4S. The maximum atomic E-state index is 12.4. The number of thiophene rings is 1. The predicted octanol–water partition coefficient (Wildman–Crippen LogP) is 1.47. The van der Waals surface area contributed by atoms with Gasteiger partial charge in [0, 0.05) is 28.1 Å². The van der Waals surface area contributed by atoms with Crippen molar-refractivity contribution < 1.29 is 19.4 Å². The zero-order valence-corrected chi connectivity index (χ0v) is 12.1. The molecule has 0 spiro atoms. The molecule has 20 heavy (non-hydrogen) atoms. The average molecular weight is 295 g/mol. The van der Waals surface area contributed by atoms with Gasteiger partial charge in [-0.25, -0.2) is 4.79 Å². The van der Waals surface area contributed by atoms with E-state index in [-0.39, 0.29) is 18.4 Å². The summed E-state index contributed by atoms with van der Waals surface area (Å²) < 4.78 is 5.14. The van der Waals surface area contributed by atoms with Crippen molar-refractivity contribution in [2.75, 3.05) is 19.7 Å². The SMILES string of the molecule is Cc1ccc([C@@H]2C[C@H]2C(=O)N2CCO[C@@H](C(=O)O)C2)s1. The van der Waals surface area contributed by atoms with E-state index in [1.165, 1.54) is 9.75 Å². The van der Waals surface area contributed by atoms with Crippen molar-refractivity contribution in [3.8, 4) is 0 Å². The molecule has 3 rings (SSSR count). The molecule has 1 N–H and O–H groups in total.